The maximum absolute atomic E-state index is 10.6. The van der Waals surface area contributed by atoms with Gasteiger partial charge in [-0.15, -0.1) is 12.4 Å². The Balaban J connectivity index is 0.00000144. The summed E-state index contributed by atoms with van der Waals surface area (Å²) in [6.07, 6.45) is 0. The van der Waals surface area contributed by atoms with Gasteiger partial charge in [0.25, 0.3) is 0 Å². The molecule has 0 radical (unpaired) electrons. The third-order valence-electron chi connectivity index (χ3n) is 1.36. The Labute approximate surface area is 89.6 Å². The number of carbonyl (C=O) groups is 1. The van der Waals surface area contributed by atoms with E-state index in [2.05, 4.69) is 21.4 Å². The zero-order valence-electron chi connectivity index (χ0n) is 6.45. The molecule has 13 heavy (non-hydrogen) atoms. The third-order valence-corrected chi connectivity index (χ3v) is 2.05. The fourth-order valence-electron chi connectivity index (χ4n) is 0.779. The molecule has 0 aliphatic heterocycles. The number of carboxylic acids is 1. The minimum Gasteiger partial charge on any atom is -0.478 e. The molecule has 0 aliphatic rings. The molecule has 4 N–H and O–H groups in total. The molecular weight excluding hydrogens is 259 g/mol. The maximum Gasteiger partial charge on any atom is 0.336 e. The average Bonchev–Trinajstić information content (AvgIpc) is 2.05. The molecular formula is C7H8BrClN2O2. The number of rotatable bonds is 2. The van der Waals surface area contributed by atoms with Crippen molar-refractivity contribution in [2.45, 2.75) is 0 Å². The van der Waals surface area contributed by atoms with Crippen LogP contribution in [0.5, 0.6) is 0 Å². The van der Waals surface area contributed by atoms with Crippen LogP contribution in [0.25, 0.3) is 0 Å². The topological polar surface area (TPSA) is 75.3 Å². The number of halogens is 2. The zero-order chi connectivity index (χ0) is 9.14. The maximum atomic E-state index is 10.6. The van der Waals surface area contributed by atoms with Crippen molar-refractivity contribution in [1.82, 2.24) is 0 Å². The first-order valence-electron chi connectivity index (χ1n) is 3.14. The molecule has 0 atom stereocenters. The van der Waals surface area contributed by atoms with Crippen LogP contribution < -0.4 is 11.3 Å². The van der Waals surface area contributed by atoms with Crippen molar-refractivity contribution >= 4 is 40.0 Å². The molecule has 0 aromatic heterocycles. The van der Waals surface area contributed by atoms with Crippen molar-refractivity contribution < 1.29 is 9.90 Å². The number of nitrogens with one attached hydrogen (secondary N) is 1. The van der Waals surface area contributed by atoms with E-state index in [4.69, 9.17) is 10.9 Å². The van der Waals surface area contributed by atoms with Crippen molar-refractivity contribution in [2.75, 3.05) is 5.43 Å². The molecule has 0 spiro atoms. The van der Waals surface area contributed by atoms with Crippen LogP contribution >= 0.6 is 28.3 Å². The van der Waals surface area contributed by atoms with E-state index in [1.165, 1.54) is 6.07 Å². The van der Waals surface area contributed by atoms with Crippen LogP contribution in [0.2, 0.25) is 0 Å². The highest BCUT2D eigenvalue weighted by atomic mass is 79.9. The third kappa shape index (κ3) is 2.87. The van der Waals surface area contributed by atoms with Crippen LogP contribution in [0, 0.1) is 0 Å². The number of nitrogen functional groups attached to an aromatic ring is 1. The average molecular weight is 268 g/mol. The first-order chi connectivity index (χ1) is 5.65. The molecule has 72 valence electrons. The normalized spacial score (nSPS) is 8.77. The van der Waals surface area contributed by atoms with Gasteiger partial charge in [-0.3, -0.25) is 5.84 Å². The smallest absolute Gasteiger partial charge is 0.336 e. The van der Waals surface area contributed by atoms with Gasteiger partial charge in [0.15, 0.2) is 0 Å². The van der Waals surface area contributed by atoms with E-state index in [1.807, 2.05) is 0 Å². The van der Waals surface area contributed by atoms with Gasteiger partial charge in [0, 0.05) is 10.2 Å². The van der Waals surface area contributed by atoms with Gasteiger partial charge >= 0.3 is 5.97 Å². The van der Waals surface area contributed by atoms with Crippen LogP contribution in [0.15, 0.2) is 22.7 Å². The van der Waals surface area contributed by atoms with E-state index >= 15 is 0 Å². The van der Waals surface area contributed by atoms with E-state index < -0.39 is 5.97 Å². The summed E-state index contributed by atoms with van der Waals surface area (Å²) in [4.78, 5) is 10.6. The van der Waals surface area contributed by atoms with Gasteiger partial charge in [-0.2, -0.15) is 0 Å². The molecule has 0 aliphatic carbocycles. The second-order valence-corrected chi connectivity index (χ2v) is 3.00. The number of hydrogen-bond donors (Lipinski definition) is 3. The first kappa shape index (κ1) is 12.2. The molecule has 0 bridgehead atoms. The number of aromatic carboxylic acids is 1. The molecule has 1 aromatic carbocycles. The number of nitrogens with two attached hydrogens (primary N) is 1. The van der Waals surface area contributed by atoms with Crippen LogP contribution in [0.4, 0.5) is 5.69 Å². The van der Waals surface area contributed by atoms with Crippen molar-refractivity contribution in [2.24, 2.45) is 5.84 Å². The van der Waals surface area contributed by atoms with E-state index in [1.54, 1.807) is 12.1 Å². The van der Waals surface area contributed by atoms with E-state index in [0.717, 1.165) is 0 Å². The predicted octanol–water partition coefficient (Wildman–Crippen LogP) is 1.85. The van der Waals surface area contributed by atoms with Crippen molar-refractivity contribution in [1.29, 1.82) is 0 Å². The Hall–Kier alpha value is -0.780. The predicted molar refractivity (Wildman–Crippen MR) is 56.2 cm³/mol. The second-order valence-electron chi connectivity index (χ2n) is 2.14. The summed E-state index contributed by atoms with van der Waals surface area (Å²) in [5.41, 5.74) is 3.12. The van der Waals surface area contributed by atoms with Crippen molar-refractivity contribution in [3.63, 3.8) is 0 Å². The van der Waals surface area contributed by atoms with Crippen molar-refractivity contribution in [3.05, 3.63) is 28.2 Å². The molecule has 6 heteroatoms. The van der Waals surface area contributed by atoms with Crippen LogP contribution in [0.1, 0.15) is 10.4 Å². The summed E-state index contributed by atoms with van der Waals surface area (Å²) >= 11 is 3.11. The Bertz CT molecular complexity index is 319. The standard InChI is InChI=1S/C7H7BrN2O2.ClH/c8-6-2-1-4(10-9)3-5(6)7(11)12;/h1-3,10H,9H2,(H,11,12);1H. The number of benzene rings is 1. The van der Waals surface area contributed by atoms with Gasteiger partial charge in [0.05, 0.1) is 5.56 Å². The SMILES string of the molecule is Cl.NNc1ccc(Br)c(C(=O)O)c1. The summed E-state index contributed by atoms with van der Waals surface area (Å²) in [6.45, 7) is 0. The van der Waals surface area contributed by atoms with E-state index in [0.29, 0.717) is 10.2 Å². The summed E-state index contributed by atoms with van der Waals surface area (Å²) in [6, 6.07) is 4.75. The van der Waals surface area contributed by atoms with Crippen LogP contribution in [0.3, 0.4) is 0 Å². The van der Waals surface area contributed by atoms with Gasteiger partial charge in [0.2, 0.25) is 0 Å². The first-order valence-corrected chi connectivity index (χ1v) is 3.94. The minimum atomic E-state index is -0.987. The summed E-state index contributed by atoms with van der Waals surface area (Å²) in [5.74, 6) is 4.12. The number of hydrazine groups is 1. The van der Waals surface area contributed by atoms with Crippen LogP contribution in [-0.2, 0) is 0 Å². The molecule has 1 rings (SSSR count). The minimum absolute atomic E-state index is 0. The lowest BCUT2D eigenvalue weighted by atomic mass is 10.2. The quantitative estimate of drug-likeness (QED) is 0.565. The molecule has 0 amide bonds. The lowest BCUT2D eigenvalue weighted by molar-refractivity contribution is 0.0696. The van der Waals surface area contributed by atoms with E-state index in [9.17, 15) is 4.79 Å². The molecule has 0 saturated carbocycles. The Kier molecular flexibility index (Phi) is 4.76. The number of carboxylic acid groups (broad SMARTS) is 1. The molecule has 4 nitrogen and oxygen atoms in total. The molecule has 0 heterocycles. The fourth-order valence-corrected chi connectivity index (χ4v) is 1.20. The lowest BCUT2D eigenvalue weighted by Crippen LogP contribution is -2.08. The van der Waals surface area contributed by atoms with Gasteiger partial charge < -0.3 is 10.5 Å². The van der Waals surface area contributed by atoms with Gasteiger partial charge in [-0.1, -0.05) is 0 Å². The van der Waals surface area contributed by atoms with Crippen LogP contribution in [-0.4, -0.2) is 11.1 Å². The zero-order valence-corrected chi connectivity index (χ0v) is 8.85. The van der Waals surface area contributed by atoms with Crippen molar-refractivity contribution in [3.8, 4) is 0 Å². The highest BCUT2D eigenvalue weighted by Gasteiger charge is 2.07. The summed E-state index contributed by atoms with van der Waals surface area (Å²) < 4.78 is 0.536. The van der Waals surface area contributed by atoms with Gasteiger partial charge in [-0.25, -0.2) is 4.79 Å². The fraction of sp³-hybridized carbons (Fsp3) is 0. The second kappa shape index (κ2) is 5.06. The summed E-state index contributed by atoms with van der Waals surface area (Å²) in [7, 11) is 0. The highest BCUT2D eigenvalue weighted by Crippen LogP contribution is 2.20. The molecule has 1 aromatic rings. The molecule has 0 unspecified atom stereocenters. The Morgan fingerprint density at radius 2 is 2.15 bits per heavy atom. The highest BCUT2D eigenvalue weighted by molar-refractivity contribution is 9.10. The summed E-state index contributed by atoms with van der Waals surface area (Å²) in [5, 5.41) is 8.69. The van der Waals surface area contributed by atoms with Gasteiger partial charge in [-0.05, 0) is 34.1 Å². The monoisotopic (exact) mass is 266 g/mol. The number of anilines is 1. The Morgan fingerprint density at radius 1 is 1.54 bits per heavy atom. The number of hydrogen-bond acceptors (Lipinski definition) is 3. The van der Waals surface area contributed by atoms with Gasteiger partial charge in [0.1, 0.15) is 0 Å². The lowest BCUT2D eigenvalue weighted by Gasteiger charge is -2.02. The molecule has 0 saturated heterocycles. The van der Waals surface area contributed by atoms with E-state index in [-0.39, 0.29) is 18.0 Å². The Morgan fingerprint density at radius 3 is 2.62 bits per heavy atom. The largest absolute Gasteiger partial charge is 0.478 e. The molecule has 0 fully saturated rings.